The molecular weight excluding hydrogens is 272 g/mol. The van der Waals surface area contributed by atoms with Gasteiger partial charge in [-0.3, -0.25) is 4.79 Å². The van der Waals surface area contributed by atoms with Crippen LogP contribution in [0, 0.1) is 0 Å². The third kappa shape index (κ3) is 2.75. The molecular formula is C14H12N4OS. The van der Waals surface area contributed by atoms with Gasteiger partial charge in [-0.05, 0) is 29.0 Å². The van der Waals surface area contributed by atoms with Crippen molar-refractivity contribution in [3.05, 3.63) is 53.0 Å². The molecule has 0 spiro atoms. The van der Waals surface area contributed by atoms with E-state index in [1.807, 2.05) is 41.1 Å². The van der Waals surface area contributed by atoms with E-state index in [0.29, 0.717) is 0 Å². The number of aromatic nitrogens is 2. The molecule has 0 aliphatic rings. The van der Waals surface area contributed by atoms with E-state index in [0.717, 1.165) is 16.6 Å². The first kappa shape index (κ1) is 12.6. The van der Waals surface area contributed by atoms with E-state index in [9.17, 15) is 4.79 Å². The number of carbonyl (C=O) groups is 1. The number of nitrogens with zero attached hydrogens (tertiary/aromatic N) is 3. The number of carbonyl (C=O) groups excluding carboxylic acids is 1. The first-order valence-corrected chi connectivity index (χ1v) is 7.01. The standard InChI is InChI=1S/C14H12N4OS/c19-14(17-16-7-11-5-6-20-9-11)8-18-10-15-12-3-1-2-4-13(12)18/h1-7,9-10H,8H2,(H,17,19)/b16-7-. The fourth-order valence-corrected chi connectivity index (χ4v) is 2.46. The molecule has 20 heavy (non-hydrogen) atoms. The lowest BCUT2D eigenvalue weighted by molar-refractivity contribution is -0.121. The van der Waals surface area contributed by atoms with Crippen LogP contribution in [0.15, 0.2) is 52.5 Å². The predicted octanol–water partition coefficient (Wildman–Crippen LogP) is 2.25. The van der Waals surface area contributed by atoms with E-state index in [4.69, 9.17) is 0 Å². The number of para-hydroxylation sites is 2. The topological polar surface area (TPSA) is 59.3 Å². The lowest BCUT2D eigenvalue weighted by atomic mass is 10.3. The van der Waals surface area contributed by atoms with Gasteiger partial charge >= 0.3 is 0 Å². The van der Waals surface area contributed by atoms with Crippen LogP contribution in [0.2, 0.25) is 0 Å². The predicted molar refractivity (Wildman–Crippen MR) is 79.8 cm³/mol. The van der Waals surface area contributed by atoms with Crippen LogP contribution in [-0.2, 0) is 11.3 Å². The van der Waals surface area contributed by atoms with Crippen molar-refractivity contribution >= 4 is 34.5 Å². The summed E-state index contributed by atoms with van der Waals surface area (Å²) in [6.07, 6.45) is 3.28. The highest BCUT2D eigenvalue weighted by molar-refractivity contribution is 7.08. The summed E-state index contributed by atoms with van der Waals surface area (Å²) in [7, 11) is 0. The number of amides is 1. The van der Waals surface area contributed by atoms with Crippen molar-refractivity contribution in [2.45, 2.75) is 6.54 Å². The summed E-state index contributed by atoms with van der Waals surface area (Å²) in [5.41, 5.74) is 5.30. The molecule has 0 atom stereocenters. The highest BCUT2D eigenvalue weighted by Gasteiger charge is 2.05. The van der Waals surface area contributed by atoms with Crippen molar-refractivity contribution in [1.29, 1.82) is 0 Å². The second kappa shape index (κ2) is 5.66. The maximum absolute atomic E-state index is 11.8. The van der Waals surface area contributed by atoms with Crippen molar-refractivity contribution in [3.8, 4) is 0 Å². The Morgan fingerprint density at radius 2 is 2.30 bits per heavy atom. The second-order valence-corrected chi connectivity index (χ2v) is 4.99. The molecule has 5 nitrogen and oxygen atoms in total. The van der Waals surface area contributed by atoms with Gasteiger partial charge in [-0.1, -0.05) is 12.1 Å². The molecule has 3 rings (SSSR count). The van der Waals surface area contributed by atoms with Crippen LogP contribution in [-0.4, -0.2) is 21.7 Å². The Hall–Kier alpha value is -2.47. The van der Waals surface area contributed by atoms with Crippen molar-refractivity contribution < 1.29 is 4.79 Å². The zero-order valence-corrected chi connectivity index (χ0v) is 11.4. The van der Waals surface area contributed by atoms with Gasteiger partial charge in [0, 0.05) is 5.56 Å². The monoisotopic (exact) mass is 284 g/mol. The van der Waals surface area contributed by atoms with E-state index < -0.39 is 0 Å². The number of hydrogen-bond acceptors (Lipinski definition) is 4. The molecule has 2 heterocycles. The van der Waals surface area contributed by atoms with Crippen LogP contribution >= 0.6 is 11.3 Å². The highest BCUT2D eigenvalue weighted by Crippen LogP contribution is 2.11. The molecule has 0 unspecified atom stereocenters. The van der Waals surface area contributed by atoms with Crippen LogP contribution < -0.4 is 5.43 Å². The lowest BCUT2D eigenvalue weighted by Crippen LogP contribution is -2.22. The lowest BCUT2D eigenvalue weighted by Gasteiger charge is -2.02. The minimum Gasteiger partial charge on any atom is -0.321 e. The minimum absolute atomic E-state index is 0.181. The molecule has 6 heteroatoms. The van der Waals surface area contributed by atoms with E-state index in [2.05, 4.69) is 15.5 Å². The molecule has 1 aromatic carbocycles. The highest BCUT2D eigenvalue weighted by atomic mass is 32.1. The quantitative estimate of drug-likeness (QED) is 0.590. The smallest absolute Gasteiger partial charge is 0.260 e. The molecule has 1 N–H and O–H groups in total. The van der Waals surface area contributed by atoms with Crippen LogP contribution in [0.4, 0.5) is 0 Å². The zero-order chi connectivity index (χ0) is 13.8. The molecule has 0 radical (unpaired) electrons. The number of hydrogen-bond donors (Lipinski definition) is 1. The Morgan fingerprint density at radius 3 is 3.15 bits per heavy atom. The van der Waals surface area contributed by atoms with Gasteiger partial charge in [0.1, 0.15) is 6.54 Å². The molecule has 1 amide bonds. The third-order valence-electron chi connectivity index (χ3n) is 2.79. The van der Waals surface area contributed by atoms with Crippen molar-refractivity contribution in [2.24, 2.45) is 5.10 Å². The van der Waals surface area contributed by atoms with Gasteiger partial charge in [0.15, 0.2) is 0 Å². The summed E-state index contributed by atoms with van der Waals surface area (Å²) in [5, 5.41) is 7.84. The third-order valence-corrected chi connectivity index (χ3v) is 3.49. The van der Waals surface area contributed by atoms with E-state index >= 15 is 0 Å². The SMILES string of the molecule is O=C(Cn1cnc2ccccc21)N/N=C\c1ccsc1. The van der Waals surface area contributed by atoms with Crippen LogP contribution in [0.25, 0.3) is 11.0 Å². The van der Waals surface area contributed by atoms with Gasteiger partial charge in [-0.2, -0.15) is 16.4 Å². The Kier molecular flexibility index (Phi) is 3.56. The molecule has 3 aromatic rings. The maximum atomic E-state index is 11.8. The van der Waals surface area contributed by atoms with Crippen molar-refractivity contribution in [2.75, 3.05) is 0 Å². The number of benzene rings is 1. The van der Waals surface area contributed by atoms with E-state index in [1.165, 1.54) is 0 Å². The zero-order valence-electron chi connectivity index (χ0n) is 10.6. The van der Waals surface area contributed by atoms with Gasteiger partial charge in [-0.25, -0.2) is 10.4 Å². The average molecular weight is 284 g/mol. The summed E-state index contributed by atoms with van der Waals surface area (Å²) in [6.45, 7) is 0.196. The molecule has 0 aliphatic carbocycles. The number of rotatable bonds is 4. The number of hydrazone groups is 1. The number of fused-ring (bicyclic) bond motifs is 1. The first-order valence-electron chi connectivity index (χ1n) is 6.07. The maximum Gasteiger partial charge on any atom is 0.260 e. The normalized spacial score (nSPS) is 11.2. The van der Waals surface area contributed by atoms with Gasteiger partial charge in [-0.15, -0.1) is 0 Å². The summed E-state index contributed by atoms with van der Waals surface area (Å²) in [4.78, 5) is 16.1. The van der Waals surface area contributed by atoms with E-state index in [1.54, 1.807) is 28.4 Å². The molecule has 0 saturated carbocycles. The second-order valence-electron chi connectivity index (χ2n) is 4.21. The molecule has 0 saturated heterocycles. The summed E-state index contributed by atoms with van der Waals surface area (Å²) in [5.74, 6) is -0.181. The number of nitrogens with one attached hydrogen (secondary N) is 1. The Balaban J connectivity index is 1.64. The molecule has 100 valence electrons. The van der Waals surface area contributed by atoms with Gasteiger partial charge in [0.2, 0.25) is 0 Å². The summed E-state index contributed by atoms with van der Waals surface area (Å²) in [6, 6.07) is 9.63. The largest absolute Gasteiger partial charge is 0.321 e. The fourth-order valence-electron chi connectivity index (χ4n) is 1.85. The van der Waals surface area contributed by atoms with Crippen LogP contribution in [0.1, 0.15) is 5.56 Å². The molecule has 0 fully saturated rings. The van der Waals surface area contributed by atoms with Crippen molar-refractivity contribution in [1.82, 2.24) is 15.0 Å². The van der Waals surface area contributed by atoms with Crippen molar-refractivity contribution in [3.63, 3.8) is 0 Å². The van der Waals surface area contributed by atoms with Gasteiger partial charge < -0.3 is 4.57 Å². The first-order chi connectivity index (χ1) is 9.83. The number of thiophene rings is 1. The summed E-state index contributed by atoms with van der Waals surface area (Å²) >= 11 is 1.59. The van der Waals surface area contributed by atoms with Gasteiger partial charge in [0.05, 0.1) is 23.6 Å². The minimum atomic E-state index is -0.181. The molecule has 2 aromatic heterocycles. The Bertz CT molecular complexity index is 745. The van der Waals surface area contributed by atoms with Crippen LogP contribution in [0.5, 0.6) is 0 Å². The average Bonchev–Trinajstić information content (AvgIpc) is 3.09. The fraction of sp³-hybridized carbons (Fsp3) is 0.0714. The van der Waals surface area contributed by atoms with Crippen LogP contribution in [0.3, 0.4) is 0 Å². The van der Waals surface area contributed by atoms with Gasteiger partial charge in [0.25, 0.3) is 5.91 Å². The number of imidazole rings is 1. The Morgan fingerprint density at radius 1 is 1.40 bits per heavy atom. The van der Waals surface area contributed by atoms with E-state index in [-0.39, 0.29) is 12.5 Å². The summed E-state index contributed by atoms with van der Waals surface area (Å²) < 4.78 is 1.80. The molecule has 0 bridgehead atoms. The molecule has 0 aliphatic heterocycles. The Labute approximate surface area is 119 Å².